The van der Waals surface area contributed by atoms with Crippen LogP contribution in [0.4, 0.5) is 0 Å². The monoisotopic (exact) mass is 308 g/mol. The number of ether oxygens (including phenoxy) is 1. The van der Waals surface area contributed by atoms with E-state index >= 15 is 0 Å². The van der Waals surface area contributed by atoms with E-state index in [2.05, 4.69) is 28.1 Å². The maximum atomic E-state index is 11.7. The van der Waals surface area contributed by atoms with Crippen LogP contribution in [0.1, 0.15) is 24.8 Å². The second-order valence-corrected chi connectivity index (χ2v) is 5.56. The summed E-state index contributed by atoms with van der Waals surface area (Å²) in [7, 11) is 0. The van der Waals surface area contributed by atoms with Gasteiger partial charge in [-0.15, -0.1) is 0 Å². The van der Waals surface area contributed by atoms with Crippen LogP contribution >= 0.6 is 15.9 Å². The van der Waals surface area contributed by atoms with Crippen LogP contribution in [0.2, 0.25) is 0 Å². The molecule has 1 aromatic carbocycles. The molecule has 0 N–H and O–H groups in total. The van der Waals surface area contributed by atoms with Crippen molar-refractivity contribution < 1.29 is 9.53 Å². The lowest BCUT2D eigenvalue weighted by Crippen LogP contribution is -2.16. The maximum Gasteiger partial charge on any atom is 0.310 e. The second kappa shape index (κ2) is 6.74. The van der Waals surface area contributed by atoms with Crippen molar-refractivity contribution in [2.45, 2.75) is 25.7 Å². The van der Waals surface area contributed by atoms with E-state index in [4.69, 9.17) is 4.74 Å². The van der Waals surface area contributed by atoms with Crippen molar-refractivity contribution in [3.05, 3.63) is 46.5 Å². The Morgan fingerprint density at radius 3 is 3.00 bits per heavy atom. The highest BCUT2D eigenvalue weighted by atomic mass is 79.9. The molecule has 18 heavy (non-hydrogen) atoms. The molecule has 0 aliphatic heterocycles. The van der Waals surface area contributed by atoms with Gasteiger partial charge in [0.1, 0.15) is 0 Å². The first-order valence-corrected chi connectivity index (χ1v) is 7.08. The number of rotatable bonds is 4. The van der Waals surface area contributed by atoms with Gasteiger partial charge in [-0.1, -0.05) is 40.2 Å². The summed E-state index contributed by atoms with van der Waals surface area (Å²) < 4.78 is 6.33. The first-order chi connectivity index (χ1) is 8.74. The summed E-state index contributed by atoms with van der Waals surface area (Å²) in [4.78, 5) is 11.7. The molecular weight excluding hydrogens is 292 g/mol. The van der Waals surface area contributed by atoms with Gasteiger partial charge < -0.3 is 4.74 Å². The van der Waals surface area contributed by atoms with Crippen LogP contribution in [-0.2, 0) is 16.0 Å². The minimum Gasteiger partial charge on any atom is -0.465 e. The largest absolute Gasteiger partial charge is 0.465 e. The Morgan fingerprint density at radius 2 is 2.28 bits per heavy atom. The number of benzene rings is 1. The molecule has 0 saturated heterocycles. The van der Waals surface area contributed by atoms with Gasteiger partial charge in [-0.05, 0) is 42.9 Å². The number of carbonyl (C=O) groups is 1. The Hall–Kier alpha value is -1.09. The van der Waals surface area contributed by atoms with Crippen molar-refractivity contribution in [3.8, 4) is 0 Å². The zero-order valence-electron chi connectivity index (χ0n) is 10.3. The summed E-state index contributed by atoms with van der Waals surface area (Å²) in [5.74, 6) is 0.365. The first kappa shape index (κ1) is 13.3. The Morgan fingerprint density at radius 1 is 1.39 bits per heavy atom. The molecule has 1 atom stereocenters. The lowest BCUT2D eigenvalue weighted by atomic mass is 9.95. The third kappa shape index (κ3) is 4.30. The maximum absolute atomic E-state index is 11.7. The van der Waals surface area contributed by atoms with Crippen LogP contribution in [-0.4, -0.2) is 12.6 Å². The van der Waals surface area contributed by atoms with Crippen molar-refractivity contribution >= 4 is 21.9 Å². The van der Waals surface area contributed by atoms with E-state index in [1.54, 1.807) is 0 Å². The molecule has 0 aromatic heterocycles. The van der Waals surface area contributed by atoms with Crippen molar-refractivity contribution in [1.29, 1.82) is 0 Å². The quantitative estimate of drug-likeness (QED) is 0.623. The van der Waals surface area contributed by atoms with Gasteiger partial charge in [-0.3, -0.25) is 4.79 Å². The van der Waals surface area contributed by atoms with Crippen LogP contribution < -0.4 is 0 Å². The van der Waals surface area contributed by atoms with E-state index in [0.29, 0.717) is 18.9 Å². The van der Waals surface area contributed by atoms with Crippen LogP contribution in [0.25, 0.3) is 0 Å². The summed E-state index contributed by atoms with van der Waals surface area (Å²) in [6, 6.07) is 7.77. The molecule has 0 bridgehead atoms. The van der Waals surface area contributed by atoms with Gasteiger partial charge in [0.25, 0.3) is 0 Å². The number of halogens is 1. The molecule has 1 aliphatic rings. The predicted octanol–water partition coefficient (Wildman–Crippen LogP) is 3.89. The number of esters is 1. The first-order valence-electron chi connectivity index (χ1n) is 6.29. The fraction of sp³-hybridized carbons (Fsp3) is 0.400. The standard InChI is InChI=1S/C15H17BrO2/c16-14-8-4-7-13(9-14)10-15(17)18-11-12-5-2-1-3-6-12/h1-2,4,7-9,12H,3,5-6,10-11H2. The Kier molecular flexibility index (Phi) is 5.00. The van der Waals surface area contributed by atoms with Gasteiger partial charge in [-0.2, -0.15) is 0 Å². The number of hydrogen-bond acceptors (Lipinski definition) is 2. The van der Waals surface area contributed by atoms with Crippen molar-refractivity contribution in [2.75, 3.05) is 6.61 Å². The zero-order chi connectivity index (χ0) is 12.8. The highest BCUT2D eigenvalue weighted by Crippen LogP contribution is 2.18. The van der Waals surface area contributed by atoms with Gasteiger partial charge in [0, 0.05) is 4.47 Å². The van der Waals surface area contributed by atoms with E-state index in [1.165, 1.54) is 0 Å². The van der Waals surface area contributed by atoms with E-state index in [-0.39, 0.29) is 5.97 Å². The predicted molar refractivity (Wildman–Crippen MR) is 75.3 cm³/mol. The second-order valence-electron chi connectivity index (χ2n) is 4.64. The number of carbonyl (C=O) groups excluding carboxylic acids is 1. The van der Waals surface area contributed by atoms with E-state index in [9.17, 15) is 4.79 Å². The van der Waals surface area contributed by atoms with Crippen molar-refractivity contribution in [3.63, 3.8) is 0 Å². The molecule has 1 aromatic rings. The average Bonchev–Trinajstić information content (AvgIpc) is 2.38. The molecule has 0 saturated carbocycles. The van der Waals surface area contributed by atoms with E-state index < -0.39 is 0 Å². The fourth-order valence-corrected chi connectivity index (χ4v) is 2.53. The SMILES string of the molecule is O=C(Cc1cccc(Br)c1)OCC1CC=CCC1. The molecule has 3 heteroatoms. The highest BCUT2D eigenvalue weighted by molar-refractivity contribution is 9.10. The Labute approximate surface area is 116 Å². The van der Waals surface area contributed by atoms with Crippen molar-refractivity contribution in [2.24, 2.45) is 5.92 Å². The minimum atomic E-state index is -0.136. The van der Waals surface area contributed by atoms with E-state index in [1.807, 2.05) is 24.3 Å². The van der Waals surface area contributed by atoms with Crippen LogP contribution in [0, 0.1) is 5.92 Å². The van der Waals surface area contributed by atoms with Gasteiger partial charge in [0.2, 0.25) is 0 Å². The van der Waals surface area contributed by atoms with E-state index in [0.717, 1.165) is 29.3 Å². The third-order valence-corrected chi connectivity index (χ3v) is 3.59. The smallest absolute Gasteiger partial charge is 0.310 e. The number of allylic oxidation sites excluding steroid dienone is 2. The third-order valence-electron chi connectivity index (χ3n) is 3.10. The Balaban J connectivity index is 1.76. The summed E-state index contributed by atoms with van der Waals surface area (Å²) in [5, 5.41) is 0. The van der Waals surface area contributed by atoms with Crippen LogP contribution in [0.5, 0.6) is 0 Å². The fourth-order valence-electron chi connectivity index (χ4n) is 2.08. The topological polar surface area (TPSA) is 26.3 Å². The summed E-state index contributed by atoms with van der Waals surface area (Å²) in [5.41, 5.74) is 0.984. The summed E-state index contributed by atoms with van der Waals surface area (Å²) >= 11 is 3.39. The Bertz CT molecular complexity index is 440. The number of hydrogen-bond donors (Lipinski definition) is 0. The highest BCUT2D eigenvalue weighted by Gasteiger charge is 2.13. The molecule has 96 valence electrons. The lowest BCUT2D eigenvalue weighted by Gasteiger charge is -2.17. The molecule has 2 nitrogen and oxygen atoms in total. The molecule has 0 heterocycles. The molecule has 1 unspecified atom stereocenters. The minimum absolute atomic E-state index is 0.136. The lowest BCUT2D eigenvalue weighted by molar-refractivity contribution is -0.144. The molecule has 0 amide bonds. The van der Waals surface area contributed by atoms with Crippen LogP contribution in [0.15, 0.2) is 40.9 Å². The zero-order valence-corrected chi connectivity index (χ0v) is 11.9. The summed E-state index contributed by atoms with van der Waals surface area (Å²) in [6.07, 6.45) is 7.98. The van der Waals surface area contributed by atoms with Crippen LogP contribution in [0.3, 0.4) is 0 Å². The molecule has 0 fully saturated rings. The molecule has 2 rings (SSSR count). The van der Waals surface area contributed by atoms with Gasteiger partial charge >= 0.3 is 5.97 Å². The van der Waals surface area contributed by atoms with Gasteiger partial charge in [-0.25, -0.2) is 0 Å². The van der Waals surface area contributed by atoms with Crippen molar-refractivity contribution in [1.82, 2.24) is 0 Å². The summed E-state index contributed by atoms with van der Waals surface area (Å²) in [6.45, 7) is 0.553. The van der Waals surface area contributed by atoms with Gasteiger partial charge in [0.15, 0.2) is 0 Å². The van der Waals surface area contributed by atoms with Gasteiger partial charge in [0.05, 0.1) is 13.0 Å². The normalized spacial score (nSPS) is 18.6. The molecule has 0 radical (unpaired) electrons. The molecule has 1 aliphatic carbocycles. The molecule has 0 spiro atoms. The molecular formula is C15H17BrO2. The average molecular weight is 309 g/mol.